The van der Waals surface area contributed by atoms with Gasteiger partial charge in [0.2, 0.25) is 0 Å². The summed E-state index contributed by atoms with van der Waals surface area (Å²) in [5.41, 5.74) is 7.55. The lowest BCUT2D eigenvalue weighted by Crippen LogP contribution is -2.02. The zero-order valence-electron chi connectivity index (χ0n) is 10.5. The molecule has 0 aliphatic rings. The largest absolute Gasteiger partial charge is 0.383 e. The van der Waals surface area contributed by atoms with Crippen LogP contribution in [0.3, 0.4) is 0 Å². The van der Waals surface area contributed by atoms with E-state index < -0.39 is 0 Å². The number of halogens is 2. The first kappa shape index (κ1) is 13.2. The zero-order valence-corrected chi connectivity index (χ0v) is 12.0. The van der Waals surface area contributed by atoms with Crippen LogP contribution in [0.5, 0.6) is 0 Å². The average molecular weight is 284 g/mol. The van der Waals surface area contributed by atoms with E-state index in [1.165, 1.54) is 0 Å². The second-order valence-electron chi connectivity index (χ2n) is 4.54. The van der Waals surface area contributed by atoms with Crippen molar-refractivity contribution in [2.24, 2.45) is 7.05 Å². The Hall–Kier alpha value is -1.19. The van der Waals surface area contributed by atoms with Gasteiger partial charge in [0.1, 0.15) is 17.3 Å². The Morgan fingerprint density at radius 2 is 1.94 bits per heavy atom. The number of benzene rings is 1. The Morgan fingerprint density at radius 3 is 2.50 bits per heavy atom. The Balaban J connectivity index is 2.64. The fourth-order valence-corrected chi connectivity index (χ4v) is 2.30. The fraction of sp³-hybridized carbons (Fsp3) is 0.308. The van der Waals surface area contributed by atoms with E-state index in [1.54, 1.807) is 18.2 Å². The molecule has 2 N–H and O–H groups in total. The highest BCUT2D eigenvalue weighted by molar-refractivity contribution is 6.35. The maximum atomic E-state index is 6.18. The minimum atomic E-state index is 0.295. The van der Waals surface area contributed by atoms with Crippen molar-refractivity contribution >= 4 is 29.0 Å². The second-order valence-corrected chi connectivity index (χ2v) is 5.39. The Kier molecular flexibility index (Phi) is 3.55. The molecule has 0 amide bonds. The molecule has 0 atom stereocenters. The molecule has 0 bridgehead atoms. The Morgan fingerprint density at radius 1 is 1.28 bits per heavy atom. The number of nitrogens with zero attached hydrogens (tertiary/aromatic N) is 2. The Bertz CT molecular complexity index is 588. The molecule has 0 spiro atoms. The van der Waals surface area contributed by atoms with Crippen LogP contribution < -0.4 is 5.73 Å². The van der Waals surface area contributed by atoms with Gasteiger partial charge in [-0.05, 0) is 18.2 Å². The Labute approximate surface area is 117 Å². The molecule has 2 aromatic rings. The van der Waals surface area contributed by atoms with E-state index in [1.807, 2.05) is 11.6 Å². The van der Waals surface area contributed by atoms with Crippen molar-refractivity contribution in [3.05, 3.63) is 34.1 Å². The highest BCUT2D eigenvalue weighted by Gasteiger charge is 2.18. The lowest BCUT2D eigenvalue weighted by molar-refractivity contribution is 0.715. The highest BCUT2D eigenvalue weighted by Crippen LogP contribution is 2.34. The second kappa shape index (κ2) is 4.82. The molecule has 0 aliphatic heterocycles. The van der Waals surface area contributed by atoms with E-state index >= 15 is 0 Å². The highest BCUT2D eigenvalue weighted by atomic mass is 35.5. The van der Waals surface area contributed by atoms with Gasteiger partial charge in [0.15, 0.2) is 0 Å². The lowest BCUT2D eigenvalue weighted by Gasteiger charge is -2.05. The van der Waals surface area contributed by atoms with Gasteiger partial charge in [-0.3, -0.25) is 0 Å². The summed E-state index contributed by atoms with van der Waals surface area (Å²) >= 11 is 12.2. The topological polar surface area (TPSA) is 43.8 Å². The van der Waals surface area contributed by atoms with E-state index in [4.69, 9.17) is 28.9 Å². The molecule has 0 unspecified atom stereocenters. The first-order valence-corrected chi connectivity index (χ1v) is 6.45. The quantitative estimate of drug-likeness (QED) is 0.902. The number of hydrogen-bond donors (Lipinski definition) is 1. The van der Waals surface area contributed by atoms with Crippen molar-refractivity contribution < 1.29 is 0 Å². The number of nitrogen functional groups attached to an aromatic ring is 1. The van der Waals surface area contributed by atoms with Crippen molar-refractivity contribution in [1.82, 2.24) is 9.55 Å². The van der Waals surface area contributed by atoms with E-state index in [-0.39, 0.29) is 0 Å². The average Bonchev–Trinajstić information content (AvgIpc) is 2.60. The van der Waals surface area contributed by atoms with Crippen LogP contribution in [0.2, 0.25) is 10.0 Å². The maximum Gasteiger partial charge on any atom is 0.131 e. The van der Waals surface area contributed by atoms with Gasteiger partial charge in [-0.2, -0.15) is 0 Å². The standard InChI is InChI=1S/C13H15Cl2N3/c1-7(2)13-17-11(12(16)18(13)3)9-6-8(14)4-5-10(9)15/h4-7H,16H2,1-3H3. The summed E-state index contributed by atoms with van der Waals surface area (Å²) in [5.74, 6) is 1.82. The number of aromatic nitrogens is 2. The van der Waals surface area contributed by atoms with Crippen LogP contribution in [-0.4, -0.2) is 9.55 Å². The van der Waals surface area contributed by atoms with E-state index in [9.17, 15) is 0 Å². The zero-order chi connectivity index (χ0) is 13.4. The number of nitrogens with two attached hydrogens (primary N) is 1. The number of hydrogen-bond acceptors (Lipinski definition) is 2. The van der Waals surface area contributed by atoms with Crippen LogP contribution in [0.4, 0.5) is 5.82 Å². The minimum Gasteiger partial charge on any atom is -0.383 e. The number of imidazole rings is 1. The fourth-order valence-electron chi connectivity index (χ4n) is 1.92. The van der Waals surface area contributed by atoms with Crippen molar-refractivity contribution in [3.8, 4) is 11.3 Å². The monoisotopic (exact) mass is 283 g/mol. The first-order valence-electron chi connectivity index (χ1n) is 5.69. The summed E-state index contributed by atoms with van der Waals surface area (Å²) in [5, 5.41) is 1.21. The minimum absolute atomic E-state index is 0.295. The predicted molar refractivity (Wildman–Crippen MR) is 77.2 cm³/mol. The SMILES string of the molecule is CC(C)c1nc(-c2cc(Cl)ccc2Cl)c(N)n1C. The summed E-state index contributed by atoms with van der Waals surface area (Å²) in [7, 11) is 1.90. The number of anilines is 1. The normalized spacial score (nSPS) is 11.2. The molecule has 0 saturated carbocycles. The van der Waals surface area contributed by atoms with Crippen LogP contribution in [-0.2, 0) is 7.05 Å². The van der Waals surface area contributed by atoms with Gasteiger partial charge in [0.05, 0.1) is 5.02 Å². The van der Waals surface area contributed by atoms with Crippen molar-refractivity contribution in [3.63, 3.8) is 0 Å². The molecule has 0 radical (unpaired) electrons. The van der Waals surface area contributed by atoms with Gasteiger partial charge >= 0.3 is 0 Å². The van der Waals surface area contributed by atoms with Gasteiger partial charge in [-0.1, -0.05) is 37.0 Å². The van der Waals surface area contributed by atoms with Gasteiger partial charge in [-0.25, -0.2) is 4.98 Å². The van der Waals surface area contributed by atoms with E-state index in [0.29, 0.717) is 27.5 Å². The van der Waals surface area contributed by atoms with Crippen molar-refractivity contribution in [1.29, 1.82) is 0 Å². The third-order valence-corrected chi connectivity index (χ3v) is 3.44. The van der Waals surface area contributed by atoms with Crippen LogP contribution in [0, 0.1) is 0 Å². The first-order chi connectivity index (χ1) is 8.41. The van der Waals surface area contributed by atoms with Crippen LogP contribution >= 0.6 is 23.2 Å². The third-order valence-electron chi connectivity index (χ3n) is 2.87. The lowest BCUT2D eigenvalue weighted by atomic mass is 10.1. The van der Waals surface area contributed by atoms with Gasteiger partial charge in [0, 0.05) is 23.6 Å². The van der Waals surface area contributed by atoms with E-state index in [0.717, 1.165) is 11.4 Å². The predicted octanol–water partition coefficient (Wildman–Crippen LogP) is 4.10. The molecule has 0 aliphatic carbocycles. The molecule has 96 valence electrons. The van der Waals surface area contributed by atoms with Gasteiger partial charge < -0.3 is 10.3 Å². The molecule has 0 fully saturated rings. The molecule has 1 heterocycles. The smallest absolute Gasteiger partial charge is 0.131 e. The van der Waals surface area contributed by atoms with Crippen molar-refractivity contribution in [2.45, 2.75) is 19.8 Å². The maximum absolute atomic E-state index is 6.18. The summed E-state index contributed by atoms with van der Waals surface area (Å²) in [6.45, 7) is 4.15. The molecule has 1 aromatic carbocycles. The van der Waals surface area contributed by atoms with E-state index in [2.05, 4.69) is 18.8 Å². The molecular weight excluding hydrogens is 269 g/mol. The van der Waals surface area contributed by atoms with Gasteiger partial charge in [-0.15, -0.1) is 0 Å². The van der Waals surface area contributed by atoms with Gasteiger partial charge in [0.25, 0.3) is 0 Å². The molecule has 18 heavy (non-hydrogen) atoms. The number of rotatable bonds is 2. The summed E-state index contributed by atoms with van der Waals surface area (Å²) in [6, 6.07) is 5.28. The molecule has 3 nitrogen and oxygen atoms in total. The molecule has 2 rings (SSSR count). The summed E-state index contributed by atoms with van der Waals surface area (Å²) < 4.78 is 1.89. The van der Waals surface area contributed by atoms with Crippen molar-refractivity contribution in [2.75, 3.05) is 5.73 Å². The van der Waals surface area contributed by atoms with Crippen LogP contribution in [0.15, 0.2) is 18.2 Å². The summed E-state index contributed by atoms with van der Waals surface area (Å²) in [4.78, 5) is 4.58. The molecular formula is C13H15Cl2N3. The molecule has 0 saturated heterocycles. The third kappa shape index (κ3) is 2.20. The van der Waals surface area contributed by atoms with Crippen LogP contribution in [0.1, 0.15) is 25.6 Å². The molecule has 5 heteroatoms. The molecule has 1 aromatic heterocycles. The summed E-state index contributed by atoms with van der Waals surface area (Å²) in [6.07, 6.45) is 0. The van der Waals surface area contributed by atoms with Crippen LogP contribution in [0.25, 0.3) is 11.3 Å².